The van der Waals surface area contributed by atoms with E-state index in [-0.39, 0.29) is 23.5 Å². The fourth-order valence-electron chi connectivity index (χ4n) is 3.12. The number of carbonyl (C=O) groups is 1. The van der Waals surface area contributed by atoms with Crippen LogP contribution in [0.3, 0.4) is 0 Å². The van der Waals surface area contributed by atoms with Crippen LogP contribution in [-0.4, -0.2) is 41.2 Å². The molecule has 0 bridgehead atoms. The SMILES string of the molecule is COc1ccc(C(=O)Cc2cnc(F)c([C@]3(C)C[C@@H](C(F)(F)F)OC(N)=N3)c2)nc1. The Balaban J connectivity index is 1.89. The van der Waals surface area contributed by atoms with Gasteiger partial charge in [-0.1, -0.05) is 0 Å². The number of Topliss-reactive ketones (excluding diaryl/α,β-unsaturated/α-hetero) is 1. The Bertz CT molecular complexity index is 979. The molecule has 30 heavy (non-hydrogen) atoms. The number of rotatable bonds is 5. The molecule has 0 fully saturated rings. The summed E-state index contributed by atoms with van der Waals surface area (Å²) in [6, 6.07) is 3.60. The number of hydrogen-bond acceptors (Lipinski definition) is 7. The van der Waals surface area contributed by atoms with Crippen LogP contribution >= 0.6 is 0 Å². The number of pyridine rings is 2. The first-order valence-electron chi connectivity index (χ1n) is 8.78. The van der Waals surface area contributed by atoms with Crippen molar-refractivity contribution in [3.05, 3.63) is 53.4 Å². The van der Waals surface area contributed by atoms with Crippen LogP contribution in [0.1, 0.15) is 35.0 Å². The Hall–Kier alpha value is -3.24. The van der Waals surface area contributed by atoms with Gasteiger partial charge in [-0.25, -0.2) is 15.0 Å². The summed E-state index contributed by atoms with van der Waals surface area (Å²) in [6.45, 7) is 1.30. The number of aromatic nitrogens is 2. The average molecular weight is 426 g/mol. The number of aliphatic imine (C=N–C) groups is 1. The van der Waals surface area contributed by atoms with E-state index in [2.05, 4.69) is 19.7 Å². The van der Waals surface area contributed by atoms with Gasteiger partial charge in [0.05, 0.1) is 18.8 Å². The van der Waals surface area contributed by atoms with Crippen molar-refractivity contribution in [3.8, 4) is 5.75 Å². The number of nitrogens with two attached hydrogens (primary N) is 1. The predicted octanol–water partition coefficient (Wildman–Crippen LogP) is 2.93. The third-order valence-electron chi connectivity index (χ3n) is 4.67. The van der Waals surface area contributed by atoms with Crippen LogP contribution < -0.4 is 10.5 Å². The van der Waals surface area contributed by atoms with Crippen molar-refractivity contribution in [3.63, 3.8) is 0 Å². The molecule has 11 heteroatoms. The molecule has 160 valence electrons. The van der Waals surface area contributed by atoms with Crippen LogP contribution in [-0.2, 0) is 16.7 Å². The van der Waals surface area contributed by atoms with Gasteiger partial charge in [0.25, 0.3) is 6.02 Å². The number of hydrogen-bond donors (Lipinski definition) is 1. The van der Waals surface area contributed by atoms with Crippen molar-refractivity contribution >= 4 is 11.8 Å². The summed E-state index contributed by atoms with van der Waals surface area (Å²) in [7, 11) is 1.46. The number of nitrogens with zero attached hydrogens (tertiary/aromatic N) is 3. The normalized spacial score (nSPS) is 21.5. The molecule has 3 heterocycles. The van der Waals surface area contributed by atoms with Crippen LogP contribution in [0.25, 0.3) is 0 Å². The molecular weight excluding hydrogens is 408 g/mol. The van der Waals surface area contributed by atoms with E-state index in [1.54, 1.807) is 6.07 Å². The maximum Gasteiger partial charge on any atom is 0.425 e. The van der Waals surface area contributed by atoms with Gasteiger partial charge in [0.15, 0.2) is 11.9 Å². The van der Waals surface area contributed by atoms with Gasteiger partial charge in [-0.3, -0.25) is 4.79 Å². The molecule has 0 saturated carbocycles. The second-order valence-electron chi connectivity index (χ2n) is 6.94. The molecule has 2 aromatic rings. The fourth-order valence-corrected chi connectivity index (χ4v) is 3.12. The number of methoxy groups -OCH3 is 1. The van der Waals surface area contributed by atoms with E-state index in [0.29, 0.717) is 11.3 Å². The molecule has 0 unspecified atom stereocenters. The molecule has 2 N–H and O–H groups in total. The lowest BCUT2D eigenvalue weighted by molar-refractivity contribution is -0.208. The molecule has 0 spiro atoms. The lowest BCUT2D eigenvalue weighted by atomic mass is 9.85. The quantitative estimate of drug-likeness (QED) is 0.448. The summed E-state index contributed by atoms with van der Waals surface area (Å²) in [4.78, 5) is 23.9. The van der Waals surface area contributed by atoms with E-state index < -0.39 is 36.2 Å². The lowest BCUT2D eigenvalue weighted by Gasteiger charge is -2.35. The number of ketones is 1. The summed E-state index contributed by atoms with van der Waals surface area (Å²) < 4.78 is 63.5. The fraction of sp³-hybridized carbons (Fsp3) is 0.368. The number of amidine groups is 1. The minimum atomic E-state index is -4.71. The zero-order valence-corrected chi connectivity index (χ0v) is 16.0. The molecule has 7 nitrogen and oxygen atoms in total. The van der Waals surface area contributed by atoms with Crippen molar-refractivity contribution in [2.24, 2.45) is 10.7 Å². The van der Waals surface area contributed by atoms with E-state index >= 15 is 0 Å². The number of ether oxygens (including phenoxy) is 2. The molecule has 0 saturated heterocycles. The summed E-state index contributed by atoms with van der Waals surface area (Å²) in [5.41, 5.74) is 3.98. The van der Waals surface area contributed by atoms with Crippen LogP contribution in [0.4, 0.5) is 17.6 Å². The highest BCUT2D eigenvalue weighted by Crippen LogP contribution is 2.40. The Kier molecular flexibility index (Phi) is 5.64. The highest BCUT2D eigenvalue weighted by molar-refractivity contribution is 5.95. The van der Waals surface area contributed by atoms with Gasteiger partial charge in [-0.05, 0) is 30.7 Å². The second kappa shape index (κ2) is 7.88. The Labute approximate surface area is 168 Å². The molecule has 1 aliphatic rings. The third kappa shape index (κ3) is 4.50. The molecule has 0 radical (unpaired) electrons. The van der Waals surface area contributed by atoms with Crippen LogP contribution in [0.15, 0.2) is 35.6 Å². The first kappa shape index (κ1) is 21.5. The smallest absolute Gasteiger partial charge is 0.425 e. The van der Waals surface area contributed by atoms with E-state index in [4.69, 9.17) is 10.5 Å². The minimum Gasteiger partial charge on any atom is -0.495 e. The van der Waals surface area contributed by atoms with Crippen molar-refractivity contribution in [2.75, 3.05) is 7.11 Å². The number of alkyl halides is 3. The van der Waals surface area contributed by atoms with E-state index in [1.807, 2.05) is 0 Å². The minimum absolute atomic E-state index is 0.151. The monoisotopic (exact) mass is 426 g/mol. The lowest BCUT2D eigenvalue weighted by Crippen LogP contribution is -2.46. The van der Waals surface area contributed by atoms with Crippen LogP contribution in [0.2, 0.25) is 0 Å². The van der Waals surface area contributed by atoms with E-state index in [0.717, 1.165) is 6.20 Å². The zero-order chi connectivity index (χ0) is 22.1. The highest BCUT2D eigenvalue weighted by atomic mass is 19.4. The molecule has 2 aromatic heterocycles. The molecule has 0 aromatic carbocycles. The van der Waals surface area contributed by atoms with Crippen molar-refractivity contribution in [1.82, 2.24) is 9.97 Å². The van der Waals surface area contributed by atoms with E-state index in [9.17, 15) is 22.4 Å². The Morgan fingerprint density at radius 2 is 2.07 bits per heavy atom. The summed E-state index contributed by atoms with van der Waals surface area (Å²) in [5.74, 6) is -0.916. The molecule has 2 atom stereocenters. The largest absolute Gasteiger partial charge is 0.495 e. The van der Waals surface area contributed by atoms with Crippen molar-refractivity contribution in [1.29, 1.82) is 0 Å². The average Bonchev–Trinajstić information content (AvgIpc) is 2.68. The van der Waals surface area contributed by atoms with E-state index in [1.165, 1.54) is 32.4 Å². The topological polar surface area (TPSA) is 99.7 Å². The predicted molar refractivity (Wildman–Crippen MR) is 97.5 cm³/mol. The third-order valence-corrected chi connectivity index (χ3v) is 4.67. The first-order valence-corrected chi connectivity index (χ1v) is 8.78. The Morgan fingerprint density at radius 1 is 1.33 bits per heavy atom. The summed E-state index contributed by atoms with van der Waals surface area (Å²) in [6.07, 6.45) is -5.31. The maximum atomic E-state index is 14.4. The maximum absolute atomic E-state index is 14.4. The van der Waals surface area contributed by atoms with Crippen LogP contribution in [0, 0.1) is 5.95 Å². The molecule has 3 rings (SSSR count). The first-order chi connectivity index (χ1) is 14.0. The summed E-state index contributed by atoms with van der Waals surface area (Å²) in [5, 5.41) is 0. The molecule has 0 amide bonds. The number of halogens is 4. The van der Waals surface area contributed by atoms with Gasteiger partial charge in [-0.15, -0.1) is 0 Å². The van der Waals surface area contributed by atoms with Crippen LogP contribution in [0.5, 0.6) is 5.75 Å². The zero-order valence-electron chi connectivity index (χ0n) is 16.0. The van der Waals surface area contributed by atoms with Gasteiger partial charge in [0.1, 0.15) is 11.4 Å². The van der Waals surface area contributed by atoms with Gasteiger partial charge in [0.2, 0.25) is 5.95 Å². The number of carbonyl (C=O) groups excluding carboxylic acids is 1. The summed E-state index contributed by atoms with van der Waals surface area (Å²) >= 11 is 0. The molecular formula is C19H18F4N4O3. The van der Waals surface area contributed by atoms with Crippen molar-refractivity contribution in [2.45, 2.75) is 37.6 Å². The second-order valence-corrected chi connectivity index (χ2v) is 6.94. The Morgan fingerprint density at radius 3 is 2.67 bits per heavy atom. The molecule has 0 aliphatic carbocycles. The van der Waals surface area contributed by atoms with Gasteiger partial charge < -0.3 is 15.2 Å². The van der Waals surface area contributed by atoms with Crippen molar-refractivity contribution < 1.29 is 31.8 Å². The van der Waals surface area contributed by atoms with Gasteiger partial charge >= 0.3 is 6.18 Å². The highest BCUT2D eigenvalue weighted by Gasteiger charge is 2.50. The van der Waals surface area contributed by atoms with Gasteiger partial charge in [0, 0.05) is 24.6 Å². The molecule has 1 aliphatic heterocycles. The van der Waals surface area contributed by atoms with Gasteiger partial charge in [-0.2, -0.15) is 17.6 Å². The standard InChI is InChI=1S/C19H18F4N4O3/c1-18(7-15(19(21,22)23)30-17(24)27-18)12-5-10(8-26-16(12)20)6-14(28)13-4-3-11(29-2)9-25-13/h3-5,8-9,15H,6-7H2,1-2H3,(H2,24,27)/t15-,18-/m0/s1.